The lowest BCUT2D eigenvalue weighted by Gasteiger charge is -2.23. The lowest BCUT2D eigenvalue weighted by molar-refractivity contribution is 0.380. The van der Waals surface area contributed by atoms with Gasteiger partial charge in [-0.05, 0) is 37.1 Å². The standard InChI is InChI=1S/C12H14F2N2O2S/c13-9-1-2-10(14)12(5-9)19(17,18)16-4-3-8-6-15-7-11(8)16/h1-2,5,8,11,15H,3-4,6-7H2/t8-,11+/m0/s1. The van der Waals surface area contributed by atoms with E-state index in [0.717, 1.165) is 31.2 Å². The molecule has 104 valence electrons. The van der Waals surface area contributed by atoms with E-state index in [4.69, 9.17) is 0 Å². The minimum Gasteiger partial charge on any atom is -0.315 e. The van der Waals surface area contributed by atoms with E-state index < -0.39 is 26.6 Å². The van der Waals surface area contributed by atoms with Crippen LogP contribution in [0.4, 0.5) is 8.78 Å². The van der Waals surface area contributed by atoms with Crippen molar-refractivity contribution in [2.45, 2.75) is 17.4 Å². The Morgan fingerprint density at radius 3 is 2.84 bits per heavy atom. The Labute approximate surface area is 110 Å². The molecule has 1 aromatic carbocycles. The van der Waals surface area contributed by atoms with Gasteiger partial charge in [0.05, 0.1) is 0 Å². The predicted molar refractivity (Wildman–Crippen MR) is 65.0 cm³/mol. The molecular weight excluding hydrogens is 274 g/mol. The Kier molecular flexibility index (Phi) is 3.07. The molecule has 0 radical (unpaired) electrons. The van der Waals surface area contributed by atoms with E-state index in [9.17, 15) is 17.2 Å². The number of nitrogens with zero attached hydrogens (tertiary/aromatic N) is 1. The van der Waals surface area contributed by atoms with Gasteiger partial charge in [0.25, 0.3) is 0 Å². The molecule has 7 heteroatoms. The maximum Gasteiger partial charge on any atom is 0.246 e. The van der Waals surface area contributed by atoms with Gasteiger partial charge in [0.2, 0.25) is 10.0 Å². The molecule has 2 aliphatic rings. The van der Waals surface area contributed by atoms with Crippen molar-refractivity contribution in [3.05, 3.63) is 29.8 Å². The second-order valence-electron chi connectivity index (χ2n) is 4.96. The molecule has 1 aromatic rings. The van der Waals surface area contributed by atoms with Crippen LogP contribution < -0.4 is 5.32 Å². The third-order valence-corrected chi connectivity index (χ3v) is 5.81. The lowest BCUT2D eigenvalue weighted by Crippen LogP contribution is -2.39. The van der Waals surface area contributed by atoms with Crippen LogP contribution in [0.3, 0.4) is 0 Å². The van der Waals surface area contributed by atoms with Crippen molar-refractivity contribution in [3.8, 4) is 0 Å². The van der Waals surface area contributed by atoms with Crippen LogP contribution >= 0.6 is 0 Å². The van der Waals surface area contributed by atoms with Crippen molar-refractivity contribution in [2.24, 2.45) is 5.92 Å². The first-order valence-corrected chi connectivity index (χ1v) is 7.62. The van der Waals surface area contributed by atoms with Gasteiger partial charge in [-0.3, -0.25) is 0 Å². The number of benzene rings is 1. The molecule has 2 heterocycles. The third-order valence-electron chi connectivity index (χ3n) is 3.87. The monoisotopic (exact) mass is 288 g/mol. The van der Waals surface area contributed by atoms with E-state index >= 15 is 0 Å². The Bertz CT molecular complexity index is 606. The van der Waals surface area contributed by atoms with Gasteiger partial charge >= 0.3 is 0 Å². The number of fused-ring (bicyclic) bond motifs is 1. The molecule has 3 rings (SSSR count). The van der Waals surface area contributed by atoms with Crippen molar-refractivity contribution in [2.75, 3.05) is 19.6 Å². The molecule has 0 saturated carbocycles. The minimum atomic E-state index is -3.97. The average molecular weight is 288 g/mol. The molecule has 19 heavy (non-hydrogen) atoms. The van der Waals surface area contributed by atoms with E-state index in [1.165, 1.54) is 4.31 Å². The van der Waals surface area contributed by atoms with E-state index in [2.05, 4.69) is 5.32 Å². The third kappa shape index (κ3) is 2.05. The van der Waals surface area contributed by atoms with Crippen LogP contribution in [0.5, 0.6) is 0 Å². The fraction of sp³-hybridized carbons (Fsp3) is 0.500. The molecule has 0 bridgehead atoms. The highest BCUT2D eigenvalue weighted by atomic mass is 32.2. The molecule has 0 unspecified atom stereocenters. The topological polar surface area (TPSA) is 49.4 Å². The second kappa shape index (κ2) is 4.50. The fourth-order valence-corrected chi connectivity index (χ4v) is 4.69. The summed E-state index contributed by atoms with van der Waals surface area (Å²) in [5.74, 6) is -1.39. The maximum absolute atomic E-state index is 13.7. The highest BCUT2D eigenvalue weighted by molar-refractivity contribution is 7.89. The van der Waals surface area contributed by atoms with E-state index in [-0.39, 0.29) is 12.0 Å². The first kappa shape index (κ1) is 13.0. The van der Waals surface area contributed by atoms with Gasteiger partial charge in [0.15, 0.2) is 0 Å². The number of sulfonamides is 1. The Morgan fingerprint density at radius 2 is 2.05 bits per heavy atom. The quantitative estimate of drug-likeness (QED) is 0.881. The van der Waals surface area contributed by atoms with Crippen molar-refractivity contribution in [1.29, 1.82) is 0 Å². The number of hydrogen-bond acceptors (Lipinski definition) is 3. The molecule has 0 spiro atoms. The zero-order valence-corrected chi connectivity index (χ0v) is 11.0. The van der Waals surface area contributed by atoms with Crippen LogP contribution in [0.1, 0.15) is 6.42 Å². The van der Waals surface area contributed by atoms with Gasteiger partial charge < -0.3 is 5.32 Å². The van der Waals surface area contributed by atoms with E-state index in [1.807, 2.05) is 0 Å². The van der Waals surface area contributed by atoms with Crippen LogP contribution in [0.2, 0.25) is 0 Å². The van der Waals surface area contributed by atoms with Crippen molar-refractivity contribution in [1.82, 2.24) is 9.62 Å². The predicted octanol–water partition coefficient (Wildman–Crippen LogP) is 0.947. The van der Waals surface area contributed by atoms with Crippen LogP contribution in [-0.4, -0.2) is 38.4 Å². The molecule has 2 saturated heterocycles. The maximum atomic E-state index is 13.7. The minimum absolute atomic E-state index is 0.146. The van der Waals surface area contributed by atoms with E-state index in [1.54, 1.807) is 0 Å². The van der Waals surface area contributed by atoms with Gasteiger partial charge in [-0.2, -0.15) is 4.31 Å². The first-order valence-electron chi connectivity index (χ1n) is 6.18. The summed E-state index contributed by atoms with van der Waals surface area (Å²) in [6.07, 6.45) is 0.758. The van der Waals surface area contributed by atoms with Crippen molar-refractivity contribution in [3.63, 3.8) is 0 Å². The molecule has 2 fully saturated rings. The summed E-state index contributed by atoms with van der Waals surface area (Å²) in [7, 11) is -3.97. The SMILES string of the molecule is O=S(=O)(c1cc(F)ccc1F)N1CC[C@H]2CNC[C@H]21. The van der Waals surface area contributed by atoms with Gasteiger partial charge in [-0.1, -0.05) is 0 Å². The zero-order valence-electron chi connectivity index (χ0n) is 10.1. The summed E-state index contributed by atoms with van der Waals surface area (Å²) in [4.78, 5) is -0.569. The Balaban J connectivity index is 2.01. The van der Waals surface area contributed by atoms with Crippen LogP contribution in [0.25, 0.3) is 0 Å². The van der Waals surface area contributed by atoms with Gasteiger partial charge in [0, 0.05) is 19.1 Å². The summed E-state index contributed by atoms with van der Waals surface area (Å²) in [6.45, 7) is 1.72. The zero-order chi connectivity index (χ0) is 13.6. The molecule has 2 atom stereocenters. The summed E-state index contributed by atoms with van der Waals surface area (Å²) in [5, 5.41) is 3.13. The average Bonchev–Trinajstić information content (AvgIpc) is 2.93. The molecule has 2 aliphatic heterocycles. The van der Waals surface area contributed by atoms with Crippen molar-refractivity contribution < 1.29 is 17.2 Å². The van der Waals surface area contributed by atoms with Crippen LogP contribution in [0, 0.1) is 17.6 Å². The Hall–Kier alpha value is -1.05. The Morgan fingerprint density at radius 1 is 1.26 bits per heavy atom. The van der Waals surface area contributed by atoms with E-state index in [0.29, 0.717) is 13.1 Å². The normalized spacial score (nSPS) is 27.7. The molecule has 4 nitrogen and oxygen atoms in total. The summed E-state index contributed by atoms with van der Waals surface area (Å²) >= 11 is 0. The molecular formula is C12H14F2N2O2S. The largest absolute Gasteiger partial charge is 0.315 e. The molecule has 0 amide bonds. The molecule has 1 N–H and O–H groups in total. The van der Waals surface area contributed by atoms with Gasteiger partial charge in [-0.25, -0.2) is 17.2 Å². The van der Waals surface area contributed by atoms with Gasteiger partial charge in [0.1, 0.15) is 16.5 Å². The lowest BCUT2D eigenvalue weighted by atomic mass is 10.1. The smallest absolute Gasteiger partial charge is 0.246 e. The van der Waals surface area contributed by atoms with Gasteiger partial charge in [-0.15, -0.1) is 0 Å². The van der Waals surface area contributed by atoms with Crippen molar-refractivity contribution >= 4 is 10.0 Å². The summed E-state index contributed by atoms with van der Waals surface area (Å²) < 4.78 is 53.0. The highest BCUT2D eigenvalue weighted by Crippen LogP contribution is 2.33. The first-order chi connectivity index (χ1) is 9.00. The molecule has 0 aromatic heterocycles. The highest BCUT2D eigenvalue weighted by Gasteiger charge is 2.44. The summed E-state index contributed by atoms with van der Waals surface area (Å²) in [5.41, 5.74) is 0. The fourth-order valence-electron chi connectivity index (χ4n) is 2.91. The van der Waals surface area contributed by atoms with Crippen LogP contribution in [-0.2, 0) is 10.0 Å². The number of rotatable bonds is 2. The number of halogens is 2. The molecule has 0 aliphatic carbocycles. The van der Waals surface area contributed by atoms with Crippen LogP contribution in [0.15, 0.2) is 23.1 Å². The second-order valence-corrected chi connectivity index (χ2v) is 6.82. The summed E-state index contributed by atoms with van der Waals surface area (Å²) in [6, 6.07) is 2.37. The number of nitrogens with one attached hydrogen (secondary N) is 1. The number of hydrogen-bond donors (Lipinski definition) is 1.